The van der Waals surface area contributed by atoms with Crippen molar-refractivity contribution in [2.45, 2.75) is 44.4 Å². The minimum Gasteiger partial charge on any atom is -0.303 e. The zero-order chi connectivity index (χ0) is 12.8. The Balaban J connectivity index is 1.91. The average Bonchev–Trinajstić information content (AvgIpc) is 2.46. The Hall–Kier alpha value is -1.18. The quantitative estimate of drug-likeness (QED) is 0.718. The van der Waals surface area contributed by atoms with Crippen LogP contribution in [0, 0.1) is 5.92 Å². The van der Waals surface area contributed by atoms with Crippen molar-refractivity contribution in [3.05, 3.63) is 35.4 Å². The van der Waals surface area contributed by atoms with E-state index in [1.807, 2.05) is 0 Å². The van der Waals surface area contributed by atoms with E-state index in [0.29, 0.717) is 12.3 Å². The summed E-state index contributed by atoms with van der Waals surface area (Å²) in [4.78, 5) is 10.7. The smallest absolute Gasteiger partial charge is 0.123 e. The van der Waals surface area contributed by atoms with Crippen LogP contribution in [0.15, 0.2) is 24.3 Å². The van der Waals surface area contributed by atoms with Gasteiger partial charge >= 0.3 is 0 Å². The van der Waals surface area contributed by atoms with E-state index in [4.69, 9.17) is 0 Å². The largest absolute Gasteiger partial charge is 0.303 e. The first kappa shape index (κ1) is 13.3. The molecule has 1 nitrogen and oxygen atoms in total. The molecule has 0 heterocycles. The number of hydrogen-bond donors (Lipinski definition) is 0. The van der Waals surface area contributed by atoms with Crippen molar-refractivity contribution in [1.29, 1.82) is 0 Å². The zero-order valence-electron chi connectivity index (χ0n) is 10.8. The highest BCUT2D eigenvalue weighted by Gasteiger charge is 2.21. The minimum atomic E-state index is -0.239. The Kier molecular flexibility index (Phi) is 4.91. The van der Waals surface area contributed by atoms with Gasteiger partial charge in [-0.2, -0.15) is 0 Å². The predicted octanol–water partition coefficient (Wildman–Crippen LogP) is 4.06. The first-order chi connectivity index (χ1) is 8.83. The maximum Gasteiger partial charge on any atom is 0.123 e. The van der Waals surface area contributed by atoms with Crippen LogP contribution in [0.2, 0.25) is 0 Å². The van der Waals surface area contributed by atoms with Gasteiger partial charge in [0.2, 0.25) is 0 Å². The third kappa shape index (κ3) is 3.41. The summed E-state index contributed by atoms with van der Waals surface area (Å²) in [6.45, 7) is -0.239. The van der Waals surface area contributed by atoms with E-state index in [-0.39, 0.29) is 12.6 Å². The van der Waals surface area contributed by atoms with Crippen LogP contribution in [0.5, 0.6) is 0 Å². The lowest BCUT2D eigenvalue weighted by Crippen LogP contribution is -2.14. The Morgan fingerprint density at radius 2 is 1.78 bits per heavy atom. The minimum absolute atomic E-state index is 0.239. The van der Waals surface area contributed by atoms with Crippen LogP contribution < -0.4 is 0 Å². The van der Waals surface area contributed by atoms with Gasteiger partial charge in [-0.3, -0.25) is 4.39 Å². The number of carbonyl (C=O) groups excluding carboxylic acids is 1. The maximum atomic E-state index is 12.1. The standard InChI is InChI=1S/C16H21FO/c17-11-1-2-13-3-7-15(8-4-13)16-9-5-14(12-18)6-10-16/h3-4,7-8,12,14,16H,1-2,5-6,9-11H2. The van der Waals surface area contributed by atoms with Crippen LogP contribution in [0.25, 0.3) is 0 Å². The van der Waals surface area contributed by atoms with E-state index in [1.54, 1.807) is 0 Å². The number of rotatable bonds is 5. The molecule has 0 amide bonds. The summed E-state index contributed by atoms with van der Waals surface area (Å²) in [5.41, 5.74) is 2.60. The Morgan fingerprint density at radius 1 is 1.11 bits per heavy atom. The molecule has 1 fully saturated rings. The van der Waals surface area contributed by atoms with E-state index in [2.05, 4.69) is 24.3 Å². The van der Waals surface area contributed by atoms with Crippen LogP contribution in [0.4, 0.5) is 4.39 Å². The van der Waals surface area contributed by atoms with Gasteiger partial charge in [-0.15, -0.1) is 0 Å². The first-order valence-corrected chi connectivity index (χ1v) is 6.93. The van der Waals surface area contributed by atoms with Gasteiger partial charge < -0.3 is 4.79 Å². The molecule has 0 atom stereocenters. The number of hydrogen-bond acceptors (Lipinski definition) is 1. The summed E-state index contributed by atoms with van der Waals surface area (Å²) < 4.78 is 12.1. The van der Waals surface area contributed by atoms with E-state index in [1.165, 1.54) is 11.1 Å². The predicted molar refractivity (Wildman–Crippen MR) is 71.5 cm³/mol. The van der Waals surface area contributed by atoms with Crippen LogP contribution in [0.3, 0.4) is 0 Å². The molecule has 98 valence electrons. The van der Waals surface area contributed by atoms with Crippen molar-refractivity contribution in [2.24, 2.45) is 5.92 Å². The average molecular weight is 248 g/mol. The highest BCUT2D eigenvalue weighted by molar-refractivity contribution is 5.53. The highest BCUT2D eigenvalue weighted by atomic mass is 19.1. The van der Waals surface area contributed by atoms with Gasteiger partial charge in [0.1, 0.15) is 6.29 Å². The number of alkyl halides is 1. The molecular weight excluding hydrogens is 227 g/mol. The van der Waals surface area contributed by atoms with Crippen molar-refractivity contribution < 1.29 is 9.18 Å². The third-order valence-corrected chi connectivity index (χ3v) is 4.01. The summed E-state index contributed by atoms with van der Waals surface area (Å²) in [5.74, 6) is 0.890. The lowest BCUT2D eigenvalue weighted by atomic mass is 9.79. The van der Waals surface area contributed by atoms with Crippen molar-refractivity contribution in [3.63, 3.8) is 0 Å². The number of aryl methyl sites for hydroxylation is 1. The van der Waals surface area contributed by atoms with Crippen molar-refractivity contribution in [1.82, 2.24) is 0 Å². The SMILES string of the molecule is O=CC1CCC(c2ccc(CCCF)cc2)CC1. The summed E-state index contributed by atoms with van der Waals surface area (Å²) >= 11 is 0. The van der Waals surface area contributed by atoms with Gasteiger partial charge in [-0.25, -0.2) is 0 Å². The molecule has 0 radical (unpaired) electrons. The molecule has 1 saturated carbocycles. The van der Waals surface area contributed by atoms with E-state index >= 15 is 0 Å². The van der Waals surface area contributed by atoms with E-state index in [9.17, 15) is 9.18 Å². The number of aldehydes is 1. The molecule has 1 aliphatic carbocycles. The van der Waals surface area contributed by atoms with Gasteiger partial charge in [-0.05, 0) is 55.6 Å². The second-order valence-electron chi connectivity index (χ2n) is 5.28. The molecule has 18 heavy (non-hydrogen) atoms. The summed E-state index contributed by atoms with van der Waals surface area (Å²) in [7, 11) is 0. The van der Waals surface area contributed by atoms with E-state index in [0.717, 1.165) is 38.4 Å². The fourth-order valence-corrected chi connectivity index (χ4v) is 2.82. The van der Waals surface area contributed by atoms with Gasteiger partial charge in [0.15, 0.2) is 0 Å². The van der Waals surface area contributed by atoms with Gasteiger partial charge in [0, 0.05) is 5.92 Å². The Labute approximate surface area is 108 Å². The molecular formula is C16H21FO. The van der Waals surface area contributed by atoms with Gasteiger partial charge in [-0.1, -0.05) is 24.3 Å². The van der Waals surface area contributed by atoms with Crippen LogP contribution in [-0.4, -0.2) is 13.0 Å². The number of benzene rings is 1. The molecule has 1 aliphatic rings. The molecule has 0 bridgehead atoms. The topological polar surface area (TPSA) is 17.1 Å². The van der Waals surface area contributed by atoms with Crippen molar-refractivity contribution in [2.75, 3.05) is 6.67 Å². The summed E-state index contributed by atoms with van der Waals surface area (Å²) in [6.07, 6.45) is 6.84. The van der Waals surface area contributed by atoms with Crippen molar-refractivity contribution in [3.8, 4) is 0 Å². The van der Waals surface area contributed by atoms with E-state index < -0.39 is 0 Å². The molecule has 1 aromatic rings. The highest BCUT2D eigenvalue weighted by Crippen LogP contribution is 2.35. The van der Waals surface area contributed by atoms with Crippen LogP contribution >= 0.6 is 0 Å². The zero-order valence-corrected chi connectivity index (χ0v) is 10.8. The second kappa shape index (κ2) is 6.67. The molecule has 2 heteroatoms. The molecule has 0 spiro atoms. The monoisotopic (exact) mass is 248 g/mol. The van der Waals surface area contributed by atoms with Crippen molar-refractivity contribution >= 4 is 6.29 Å². The summed E-state index contributed by atoms with van der Waals surface area (Å²) in [5, 5.41) is 0. The Morgan fingerprint density at radius 3 is 2.33 bits per heavy atom. The van der Waals surface area contributed by atoms with Crippen LogP contribution in [-0.2, 0) is 11.2 Å². The molecule has 0 N–H and O–H groups in total. The van der Waals surface area contributed by atoms with Gasteiger partial charge in [0.05, 0.1) is 6.67 Å². The lowest BCUT2D eigenvalue weighted by Gasteiger charge is -2.25. The molecule has 0 saturated heterocycles. The maximum absolute atomic E-state index is 12.1. The molecule has 1 aromatic carbocycles. The third-order valence-electron chi connectivity index (χ3n) is 4.01. The molecule has 0 aromatic heterocycles. The molecule has 0 aliphatic heterocycles. The van der Waals surface area contributed by atoms with Crippen LogP contribution in [0.1, 0.15) is 49.1 Å². The molecule has 0 unspecified atom stereocenters. The number of carbonyl (C=O) groups is 1. The normalized spacial score (nSPS) is 23.8. The Bertz CT molecular complexity index is 363. The number of halogens is 1. The fourth-order valence-electron chi connectivity index (χ4n) is 2.82. The molecule has 2 rings (SSSR count). The fraction of sp³-hybridized carbons (Fsp3) is 0.562. The second-order valence-corrected chi connectivity index (χ2v) is 5.28. The summed E-state index contributed by atoms with van der Waals surface area (Å²) in [6, 6.07) is 8.60. The lowest BCUT2D eigenvalue weighted by molar-refractivity contribution is -0.111. The van der Waals surface area contributed by atoms with Gasteiger partial charge in [0.25, 0.3) is 0 Å². The first-order valence-electron chi connectivity index (χ1n) is 6.93.